The topological polar surface area (TPSA) is 0 Å². The Morgan fingerprint density at radius 3 is 2.83 bits per heavy atom. The van der Waals surface area contributed by atoms with Gasteiger partial charge in [-0.3, -0.25) is 0 Å². The van der Waals surface area contributed by atoms with E-state index >= 15 is 0 Å². The van der Waals surface area contributed by atoms with Gasteiger partial charge in [0.2, 0.25) is 0 Å². The Labute approximate surface area is 58.2 Å². The standard InChI is InChI=1S/C3H6S2Te/c6-5-2-3-1-4-3/h3,6H,1-2H2. The fourth-order valence-electron chi connectivity index (χ4n) is 0.247. The van der Waals surface area contributed by atoms with Crippen molar-refractivity contribution in [1.82, 2.24) is 0 Å². The molecule has 1 saturated heterocycles. The quantitative estimate of drug-likeness (QED) is 0.508. The number of hydrogen-bond donors (Lipinski definition) is 0. The van der Waals surface area contributed by atoms with Gasteiger partial charge in [-0.2, -0.15) is 0 Å². The summed E-state index contributed by atoms with van der Waals surface area (Å²) in [6.45, 7) is 0. The van der Waals surface area contributed by atoms with Crippen molar-refractivity contribution in [3.8, 4) is 0 Å². The Bertz CT molecular complexity index is 44.1. The first-order valence-corrected chi connectivity index (χ1v) is 6.93. The van der Waals surface area contributed by atoms with E-state index in [2.05, 4.69) is 11.8 Å². The van der Waals surface area contributed by atoms with E-state index in [1.54, 1.807) is 0 Å². The number of thioether (sulfide) groups is 1. The van der Waals surface area contributed by atoms with E-state index in [1.807, 2.05) is 29.9 Å². The maximum atomic E-state index is 2.08. The van der Waals surface area contributed by atoms with Crippen LogP contribution in [0.3, 0.4) is 0 Å². The molecule has 1 unspecified atom stereocenters. The van der Waals surface area contributed by atoms with E-state index in [-0.39, 0.29) is 0 Å². The Balaban J connectivity index is 1.88. The van der Waals surface area contributed by atoms with Crippen LogP contribution < -0.4 is 0 Å². The van der Waals surface area contributed by atoms with E-state index in [4.69, 9.17) is 0 Å². The van der Waals surface area contributed by atoms with Crippen LogP contribution in [0.25, 0.3) is 0 Å². The maximum absolute atomic E-state index is 2.08. The summed E-state index contributed by atoms with van der Waals surface area (Å²) in [6, 6.07) is 0. The summed E-state index contributed by atoms with van der Waals surface area (Å²) in [5.41, 5.74) is 0. The fraction of sp³-hybridized carbons (Fsp3) is 1.00. The molecular formula is C3H6S2Te. The van der Waals surface area contributed by atoms with Crippen molar-refractivity contribution in [2.75, 3.05) is 11.5 Å². The van der Waals surface area contributed by atoms with Crippen LogP contribution in [0.2, 0.25) is 0 Å². The van der Waals surface area contributed by atoms with Crippen LogP contribution in [-0.2, 0) is 0 Å². The summed E-state index contributed by atoms with van der Waals surface area (Å²) in [4.78, 5) is 0. The number of rotatable bonds is 2. The Hall–Kier alpha value is 1.49. The molecular weight excluding hydrogens is 228 g/mol. The van der Waals surface area contributed by atoms with Crippen molar-refractivity contribution in [2.24, 2.45) is 0 Å². The first-order valence-electron chi connectivity index (χ1n) is 1.81. The van der Waals surface area contributed by atoms with Crippen LogP contribution in [0.5, 0.6) is 0 Å². The van der Waals surface area contributed by atoms with E-state index in [1.165, 1.54) is 11.5 Å². The van der Waals surface area contributed by atoms with Crippen LogP contribution in [0, 0.1) is 0 Å². The summed E-state index contributed by atoms with van der Waals surface area (Å²) in [5.74, 6) is 2.81. The van der Waals surface area contributed by atoms with Crippen LogP contribution in [0.4, 0.5) is 0 Å². The molecule has 0 aromatic rings. The Morgan fingerprint density at radius 1 is 2.00 bits per heavy atom. The molecule has 1 heterocycles. The molecule has 0 radical (unpaired) electrons. The van der Waals surface area contributed by atoms with Gasteiger partial charge in [0.1, 0.15) is 0 Å². The molecule has 0 bridgehead atoms. The van der Waals surface area contributed by atoms with Gasteiger partial charge in [0.15, 0.2) is 0 Å². The molecule has 0 saturated carbocycles. The van der Waals surface area contributed by atoms with Gasteiger partial charge in [-0.25, -0.2) is 0 Å². The molecule has 0 aromatic carbocycles. The van der Waals surface area contributed by atoms with Gasteiger partial charge in [0, 0.05) is 0 Å². The third-order valence-corrected chi connectivity index (χ3v) is 3.67. The van der Waals surface area contributed by atoms with Crippen molar-refractivity contribution >= 4 is 41.7 Å². The summed E-state index contributed by atoms with van der Waals surface area (Å²) < 4.78 is 0. The molecule has 1 rings (SSSR count). The zero-order valence-corrected chi connectivity index (χ0v) is 7.44. The van der Waals surface area contributed by atoms with E-state index < -0.39 is 0 Å². The predicted molar refractivity (Wildman–Crippen MR) is 35.9 cm³/mol. The normalized spacial score (nSPS) is 30.5. The van der Waals surface area contributed by atoms with Gasteiger partial charge in [-0.1, -0.05) is 0 Å². The van der Waals surface area contributed by atoms with Gasteiger partial charge in [0.25, 0.3) is 0 Å². The van der Waals surface area contributed by atoms with Gasteiger partial charge in [-0.05, 0) is 0 Å². The molecule has 0 nitrogen and oxygen atoms in total. The first kappa shape index (κ1) is 5.62. The molecule has 6 heavy (non-hydrogen) atoms. The van der Waals surface area contributed by atoms with Gasteiger partial charge in [0.05, 0.1) is 0 Å². The van der Waals surface area contributed by atoms with Gasteiger partial charge >= 0.3 is 58.4 Å². The minimum atomic E-state index is 1.04. The SMILES string of the molecule is [TeH]SCC1CS1. The summed E-state index contributed by atoms with van der Waals surface area (Å²) in [6.07, 6.45) is 0. The Kier molecular flexibility index (Phi) is 2.54. The minimum absolute atomic E-state index is 1.04. The Morgan fingerprint density at radius 2 is 2.67 bits per heavy atom. The summed E-state index contributed by atoms with van der Waals surface area (Å²) in [5, 5.41) is 1.04. The van der Waals surface area contributed by atoms with Crippen LogP contribution in [0.1, 0.15) is 0 Å². The second-order valence-corrected chi connectivity index (χ2v) is 5.39. The van der Waals surface area contributed by atoms with Crippen molar-refractivity contribution in [2.45, 2.75) is 5.25 Å². The second-order valence-electron chi connectivity index (χ2n) is 1.25. The van der Waals surface area contributed by atoms with Crippen LogP contribution >= 0.6 is 20.8 Å². The molecule has 0 aromatic heterocycles. The molecule has 1 aliphatic rings. The van der Waals surface area contributed by atoms with Gasteiger partial charge < -0.3 is 0 Å². The summed E-state index contributed by atoms with van der Waals surface area (Å²) in [7, 11) is 2.00. The van der Waals surface area contributed by atoms with Gasteiger partial charge in [-0.15, -0.1) is 0 Å². The molecule has 0 amide bonds. The van der Waals surface area contributed by atoms with Crippen molar-refractivity contribution < 1.29 is 0 Å². The second kappa shape index (κ2) is 2.71. The summed E-state index contributed by atoms with van der Waals surface area (Å²) >= 11 is 3.94. The molecule has 0 N–H and O–H groups in total. The van der Waals surface area contributed by atoms with Crippen molar-refractivity contribution in [1.29, 1.82) is 0 Å². The molecule has 1 atom stereocenters. The molecule has 1 fully saturated rings. The monoisotopic (exact) mass is 236 g/mol. The average Bonchev–Trinajstić information content (AvgIpc) is 2.21. The average molecular weight is 234 g/mol. The zero-order valence-electron chi connectivity index (χ0n) is 3.26. The van der Waals surface area contributed by atoms with E-state index in [0.29, 0.717) is 0 Å². The van der Waals surface area contributed by atoms with Crippen LogP contribution in [0.15, 0.2) is 0 Å². The third kappa shape index (κ3) is 1.97. The molecule has 3 heteroatoms. The number of hydrogen-bond acceptors (Lipinski definition) is 2. The zero-order chi connectivity index (χ0) is 4.41. The fourth-order valence-corrected chi connectivity index (χ4v) is 3.97. The molecule has 36 valence electrons. The molecule has 0 aliphatic carbocycles. The van der Waals surface area contributed by atoms with Crippen LogP contribution in [-0.4, -0.2) is 37.7 Å². The first-order chi connectivity index (χ1) is 2.93. The molecule has 1 aliphatic heterocycles. The predicted octanol–water partition coefficient (Wildman–Crippen LogP) is 0.651. The third-order valence-electron chi connectivity index (χ3n) is 0.663. The molecule has 0 spiro atoms. The van der Waals surface area contributed by atoms with Crippen molar-refractivity contribution in [3.63, 3.8) is 0 Å². The van der Waals surface area contributed by atoms with E-state index in [9.17, 15) is 0 Å². The van der Waals surface area contributed by atoms with Crippen molar-refractivity contribution in [3.05, 3.63) is 0 Å². The van der Waals surface area contributed by atoms with E-state index in [0.717, 1.165) is 5.25 Å².